The predicted octanol–water partition coefficient (Wildman–Crippen LogP) is 5.03. The third-order valence-electron chi connectivity index (χ3n) is 4.00. The van der Waals surface area contributed by atoms with Gasteiger partial charge in [-0.2, -0.15) is 0 Å². The first kappa shape index (κ1) is 17.6. The fraction of sp³-hybridized carbons (Fsp3) is 0.211. The van der Waals surface area contributed by atoms with Crippen LogP contribution in [0.1, 0.15) is 18.9 Å². The minimum absolute atomic E-state index is 0.0939. The first-order valence-electron chi connectivity index (χ1n) is 7.87. The molecule has 3 aromatic rings. The van der Waals surface area contributed by atoms with Crippen molar-refractivity contribution in [3.05, 3.63) is 45.5 Å². The molecule has 0 fully saturated rings. The number of ether oxygens (including phenoxy) is 2. The second-order valence-corrected chi connectivity index (χ2v) is 6.74. The zero-order chi connectivity index (χ0) is 18.0. The smallest absolute Gasteiger partial charge is 0.198 e. The Balaban J connectivity index is 2.18. The Bertz CT molecular complexity index is 930. The number of nitrogens with zero attached hydrogens (tertiary/aromatic N) is 1. The number of aromatic nitrogens is 1. The van der Waals surface area contributed by atoms with Crippen LogP contribution in [0.2, 0.25) is 0 Å². The topological polar surface area (TPSA) is 66.8 Å². The molecule has 1 heterocycles. The number of nitrogens with one attached hydrogen (secondary N) is 1. The number of fused-ring (bicyclic) bond motifs is 1. The Morgan fingerprint density at radius 3 is 2.36 bits per heavy atom. The van der Waals surface area contributed by atoms with Gasteiger partial charge in [0.1, 0.15) is 0 Å². The number of aromatic hydroxyl groups is 1. The molecule has 0 saturated carbocycles. The average molecular weight is 450 g/mol. The summed E-state index contributed by atoms with van der Waals surface area (Å²) in [6.45, 7) is 2.02. The molecule has 130 valence electrons. The molecule has 6 heteroatoms. The number of aliphatic imine (C=N–C) groups is 1. The first-order chi connectivity index (χ1) is 12.1. The Kier molecular flexibility index (Phi) is 5.17. The van der Waals surface area contributed by atoms with Crippen molar-refractivity contribution in [2.45, 2.75) is 13.3 Å². The summed E-state index contributed by atoms with van der Waals surface area (Å²) in [5.41, 5.74) is 3.12. The van der Waals surface area contributed by atoms with Gasteiger partial charge < -0.3 is 19.6 Å². The van der Waals surface area contributed by atoms with Gasteiger partial charge in [0.25, 0.3) is 0 Å². The largest absolute Gasteiger partial charge is 0.494 e. The van der Waals surface area contributed by atoms with E-state index in [9.17, 15) is 5.11 Å². The van der Waals surface area contributed by atoms with Gasteiger partial charge in [0.2, 0.25) is 0 Å². The second kappa shape index (κ2) is 7.35. The lowest BCUT2D eigenvalue weighted by atomic mass is 10.1. The Morgan fingerprint density at radius 2 is 1.76 bits per heavy atom. The van der Waals surface area contributed by atoms with Gasteiger partial charge in [-0.05, 0) is 59.3 Å². The molecule has 2 N–H and O–H groups in total. The summed E-state index contributed by atoms with van der Waals surface area (Å²) in [5, 5.41) is 11.3. The highest BCUT2D eigenvalue weighted by atomic mass is 127. The highest BCUT2D eigenvalue weighted by Crippen LogP contribution is 2.37. The van der Waals surface area contributed by atoms with Crippen molar-refractivity contribution < 1.29 is 14.6 Å². The second-order valence-electron chi connectivity index (χ2n) is 5.49. The molecule has 0 saturated heterocycles. The molecule has 3 rings (SSSR count). The van der Waals surface area contributed by atoms with Crippen LogP contribution in [0.25, 0.3) is 10.9 Å². The van der Waals surface area contributed by atoms with E-state index in [-0.39, 0.29) is 5.88 Å². The van der Waals surface area contributed by atoms with E-state index >= 15 is 0 Å². The number of halogens is 1. The quantitative estimate of drug-likeness (QED) is 0.424. The third-order valence-corrected chi connectivity index (χ3v) is 4.72. The highest BCUT2D eigenvalue weighted by Gasteiger charge is 2.18. The number of benzene rings is 2. The maximum Gasteiger partial charge on any atom is 0.198 e. The van der Waals surface area contributed by atoms with Gasteiger partial charge in [0.15, 0.2) is 17.4 Å². The standard InChI is InChI=1S/C19H19IN2O3/c1-4-14(21-12-7-5-11(20)6-8-12)18-13-9-16(24-2)17(25-3)10-15(13)22-19(18)23/h5-10,22-23H,4H2,1-3H3. The Hall–Kier alpha value is -2.22. The van der Waals surface area contributed by atoms with Crippen molar-refractivity contribution in [2.24, 2.45) is 4.99 Å². The van der Waals surface area contributed by atoms with Gasteiger partial charge in [0.05, 0.1) is 36.7 Å². The number of H-pyrrole nitrogens is 1. The Labute approximate surface area is 159 Å². The lowest BCUT2D eigenvalue weighted by Gasteiger charge is -2.08. The van der Waals surface area contributed by atoms with Gasteiger partial charge in [-0.15, -0.1) is 0 Å². The van der Waals surface area contributed by atoms with Gasteiger partial charge in [-0.25, -0.2) is 0 Å². The summed E-state index contributed by atoms with van der Waals surface area (Å²) in [6.07, 6.45) is 0.681. The monoisotopic (exact) mass is 450 g/mol. The molecule has 2 aromatic carbocycles. The Morgan fingerprint density at radius 1 is 1.12 bits per heavy atom. The third kappa shape index (κ3) is 3.44. The molecule has 0 unspecified atom stereocenters. The van der Waals surface area contributed by atoms with E-state index in [0.29, 0.717) is 23.5 Å². The van der Waals surface area contributed by atoms with Crippen LogP contribution in [-0.4, -0.2) is 30.0 Å². The summed E-state index contributed by atoms with van der Waals surface area (Å²) in [7, 11) is 3.18. The van der Waals surface area contributed by atoms with E-state index in [2.05, 4.69) is 27.6 Å². The summed E-state index contributed by atoms with van der Waals surface area (Å²) in [4.78, 5) is 7.73. The van der Waals surface area contributed by atoms with Crippen molar-refractivity contribution in [3.63, 3.8) is 0 Å². The van der Waals surface area contributed by atoms with E-state index in [4.69, 9.17) is 14.5 Å². The molecule has 0 atom stereocenters. The van der Waals surface area contributed by atoms with Gasteiger partial charge >= 0.3 is 0 Å². The summed E-state index contributed by atoms with van der Waals surface area (Å²) < 4.78 is 11.9. The molecule has 5 nitrogen and oxygen atoms in total. The fourth-order valence-electron chi connectivity index (χ4n) is 2.78. The van der Waals surface area contributed by atoms with Crippen molar-refractivity contribution in [3.8, 4) is 17.4 Å². The predicted molar refractivity (Wildman–Crippen MR) is 109 cm³/mol. The van der Waals surface area contributed by atoms with Crippen LogP contribution in [0.15, 0.2) is 41.4 Å². The van der Waals surface area contributed by atoms with Crippen LogP contribution in [-0.2, 0) is 0 Å². The molecule has 0 bridgehead atoms. The molecule has 1 aromatic heterocycles. The van der Waals surface area contributed by atoms with Crippen molar-refractivity contribution in [1.82, 2.24) is 4.98 Å². The highest BCUT2D eigenvalue weighted by molar-refractivity contribution is 14.1. The molecule has 0 radical (unpaired) electrons. The van der Waals surface area contributed by atoms with Crippen molar-refractivity contribution in [1.29, 1.82) is 0 Å². The van der Waals surface area contributed by atoms with Crippen LogP contribution in [0.3, 0.4) is 0 Å². The SMILES string of the molecule is CCC(=Nc1ccc(I)cc1)c1c(O)[nH]c2cc(OC)c(OC)cc12. The van der Waals surface area contributed by atoms with Crippen LogP contribution >= 0.6 is 22.6 Å². The number of rotatable bonds is 5. The van der Waals surface area contributed by atoms with Gasteiger partial charge in [-0.3, -0.25) is 4.99 Å². The normalized spacial score (nSPS) is 11.8. The number of methoxy groups -OCH3 is 2. The van der Waals surface area contributed by atoms with Crippen LogP contribution in [0.5, 0.6) is 17.4 Å². The molecule has 0 spiro atoms. The summed E-state index contributed by atoms with van der Waals surface area (Å²) in [5.74, 6) is 1.31. The maximum atomic E-state index is 10.5. The zero-order valence-corrected chi connectivity index (χ0v) is 16.4. The number of hydrogen-bond acceptors (Lipinski definition) is 4. The van der Waals surface area contributed by atoms with E-state index in [1.165, 1.54) is 0 Å². The van der Waals surface area contributed by atoms with E-state index < -0.39 is 0 Å². The molecule has 0 aliphatic rings. The lowest BCUT2D eigenvalue weighted by molar-refractivity contribution is 0.356. The molecule has 0 aliphatic carbocycles. The van der Waals surface area contributed by atoms with Crippen LogP contribution in [0.4, 0.5) is 5.69 Å². The van der Waals surface area contributed by atoms with Crippen molar-refractivity contribution in [2.75, 3.05) is 14.2 Å². The molecular weight excluding hydrogens is 431 g/mol. The molecule has 0 aliphatic heterocycles. The number of hydrogen-bond donors (Lipinski definition) is 2. The van der Waals surface area contributed by atoms with E-state index in [1.807, 2.05) is 43.3 Å². The van der Waals surface area contributed by atoms with E-state index in [1.54, 1.807) is 14.2 Å². The van der Waals surface area contributed by atoms with Crippen molar-refractivity contribution >= 4 is 44.9 Å². The fourth-order valence-corrected chi connectivity index (χ4v) is 3.14. The number of aromatic amines is 1. The zero-order valence-electron chi connectivity index (χ0n) is 14.3. The molecule has 0 amide bonds. The summed E-state index contributed by atoms with van der Waals surface area (Å²) >= 11 is 2.26. The van der Waals surface area contributed by atoms with Gasteiger partial charge in [0, 0.05) is 15.0 Å². The molecular formula is C19H19IN2O3. The first-order valence-corrected chi connectivity index (χ1v) is 8.95. The maximum absolute atomic E-state index is 10.5. The average Bonchev–Trinajstić information content (AvgIpc) is 2.94. The molecule has 25 heavy (non-hydrogen) atoms. The lowest BCUT2D eigenvalue weighted by Crippen LogP contribution is -1.98. The van der Waals surface area contributed by atoms with Gasteiger partial charge in [-0.1, -0.05) is 6.92 Å². The minimum Gasteiger partial charge on any atom is -0.494 e. The summed E-state index contributed by atoms with van der Waals surface area (Å²) in [6, 6.07) is 11.6. The minimum atomic E-state index is 0.0939. The van der Waals surface area contributed by atoms with E-state index in [0.717, 1.165) is 25.9 Å². The van der Waals surface area contributed by atoms with Crippen LogP contribution in [0, 0.1) is 3.57 Å². The van der Waals surface area contributed by atoms with Crippen LogP contribution < -0.4 is 9.47 Å².